The molecular formula is C16H22FNO3. The van der Waals surface area contributed by atoms with E-state index in [9.17, 15) is 9.18 Å². The quantitative estimate of drug-likeness (QED) is 0.818. The number of hydrogen-bond donors (Lipinski definition) is 1. The van der Waals surface area contributed by atoms with Crippen molar-refractivity contribution in [3.05, 3.63) is 35.2 Å². The van der Waals surface area contributed by atoms with Crippen LogP contribution >= 0.6 is 0 Å². The van der Waals surface area contributed by atoms with Crippen LogP contribution in [0.25, 0.3) is 0 Å². The fraction of sp³-hybridized carbons (Fsp3) is 0.438. The van der Waals surface area contributed by atoms with Crippen molar-refractivity contribution in [2.45, 2.75) is 33.2 Å². The normalized spacial score (nSPS) is 12.8. The molecule has 1 N–H and O–H groups in total. The van der Waals surface area contributed by atoms with Crippen molar-refractivity contribution < 1.29 is 18.7 Å². The zero-order valence-electron chi connectivity index (χ0n) is 13.1. The van der Waals surface area contributed by atoms with Crippen molar-refractivity contribution in [3.63, 3.8) is 0 Å². The summed E-state index contributed by atoms with van der Waals surface area (Å²) in [6.07, 6.45) is 2.60. The summed E-state index contributed by atoms with van der Waals surface area (Å²) in [5.41, 5.74) is 0.968. The minimum atomic E-state index is -0.475. The fourth-order valence-corrected chi connectivity index (χ4v) is 1.99. The van der Waals surface area contributed by atoms with Crippen LogP contribution in [0.4, 0.5) is 4.39 Å². The SMILES string of the molecule is CC/C=C(\C)C(=O)NC(C)c1cc(OC)c(OC)cc1F. The van der Waals surface area contributed by atoms with Crippen molar-refractivity contribution in [2.75, 3.05) is 14.2 Å². The van der Waals surface area contributed by atoms with E-state index in [1.807, 2.05) is 13.0 Å². The van der Waals surface area contributed by atoms with Gasteiger partial charge in [-0.2, -0.15) is 0 Å². The van der Waals surface area contributed by atoms with Gasteiger partial charge in [-0.25, -0.2) is 4.39 Å². The molecule has 1 amide bonds. The van der Waals surface area contributed by atoms with Crippen molar-refractivity contribution in [2.24, 2.45) is 0 Å². The average molecular weight is 295 g/mol. The predicted molar refractivity (Wildman–Crippen MR) is 80.1 cm³/mol. The molecule has 1 aromatic rings. The number of halogens is 1. The summed E-state index contributed by atoms with van der Waals surface area (Å²) in [5.74, 6) is 0.0891. The number of allylic oxidation sites excluding steroid dienone is 1. The number of benzene rings is 1. The second-order valence-electron chi connectivity index (χ2n) is 4.72. The minimum Gasteiger partial charge on any atom is -0.493 e. The van der Waals surface area contributed by atoms with Crippen molar-refractivity contribution in [1.82, 2.24) is 5.32 Å². The van der Waals surface area contributed by atoms with Gasteiger partial charge in [-0.05, 0) is 26.3 Å². The number of nitrogens with one attached hydrogen (secondary N) is 1. The lowest BCUT2D eigenvalue weighted by Gasteiger charge is -2.17. The van der Waals surface area contributed by atoms with E-state index < -0.39 is 11.9 Å². The summed E-state index contributed by atoms with van der Waals surface area (Å²) in [4.78, 5) is 11.9. The molecule has 0 heterocycles. The van der Waals surface area contributed by atoms with Gasteiger partial charge in [0.2, 0.25) is 5.91 Å². The van der Waals surface area contributed by atoms with Gasteiger partial charge in [0.05, 0.1) is 20.3 Å². The molecule has 0 aliphatic rings. The molecule has 0 aromatic heterocycles. The summed E-state index contributed by atoms with van der Waals surface area (Å²) >= 11 is 0. The average Bonchev–Trinajstić information content (AvgIpc) is 2.46. The van der Waals surface area contributed by atoms with E-state index >= 15 is 0 Å². The van der Waals surface area contributed by atoms with Gasteiger partial charge >= 0.3 is 0 Å². The third-order valence-corrected chi connectivity index (χ3v) is 3.19. The van der Waals surface area contributed by atoms with Crippen LogP contribution in [0.2, 0.25) is 0 Å². The molecule has 1 rings (SSSR count). The standard InChI is InChI=1S/C16H22FNO3/c1-6-7-10(2)16(19)18-11(3)12-8-14(20-4)15(21-5)9-13(12)17/h7-9,11H,6H2,1-5H3,(H,18,19)/b10-7+. The van der Waals surface area contributed by atoms with E-state index in [-0.39, 0.29) is 5.91 Å². The van der Waals surface area contributed by atoms with Crippen molar-refractivity contribution in [3.8, 4) is 11.5 Å². The molecule has 21 heavy (non-hydrogen) atoms. The van der Waals surface area contributed by atoms with Gasteiger partial charge in [0.1, 0.15) is 5.82 Å². The Hall–Kier alpha value is -2.04. The predicted octanol–water partition coefficient (Wildman–Crippen LogP) is 3.38. The Balaban J connectivity index is 3.00. The largest absolute Gasteiger partial charge is 0.493 e. The second-order valence-corrected chi connectivity index (χ2v) is 4.72. The lowest BCUT2D eigenvalue weighted by atomic mass is 10.1. The number of ether oxygens (including phenoxy) is 2. The summed E-state index contributed by atoms with van der Waals surface area (Å²) in [5, 5.41) is 2.77. The maximum absolute atomic E-state index is 14.1. The Kier molecular flexibility index (Phi) is 6.21. The minimum absolute atomic E-state index is 0.210. The van der Waals surface area contributed by atoms with E-state index in [1.165, 1.54) is 26.4 Å². The number of carbonyl (C=O) groups is 1. The zero-order valence-corrected chi connectivity index (χ0v) is 13.1. The van der Waals surface area contributed by atoms with E-state index in [4.69, 9.17) is 9.47 Å². The number of methoxy groups -OCH3 is 2. The van der Waals surface area contributed by atoms with Crippen LogP contribution in [0.3, 0.4) is 0 Å². The smallest absolute Gasteiger partial charge is 0.247 e. The molecule has 0 saturated carbocycles. The summed E-state index contributed by atoms with van der Waals surface area (Å²) in [6, 6.07) is 2.32. The van der Waals surface area contributed by atoms with Gasteiger partial charge < -0.3 is 14.8 Å². The van der Waals surface area contributed by atoms with Gasteiger partial charge in [-0.1, -0.05) is 13.0 Å². The van der Waals surface area contributed by atoms with Gasteiger partial charge in [-0.3, -0.25) is 4.79 Å². The van der Waals surface area contributed by atoms with Crippen LogP contribution < -0.4 is 14.8 Å². The van der Waals surface area contributed by atoms with Gasteiger partial charge in [0, 0.05) is 17.2 Å². The van der Waals surface area contributed by atoms with E-state index in [0.717, 1.165) is 6.42 Å². The van der Waals surface area contributed by atoms with Gasteiger partial charge in [0.25, 0.3) is 0 Å². The highest BCUT2D eigenvalue weighted by Crippen LogP contribution is 2.32. The maximum atomic E-state index is 14.1. The highest BCUT2D eigenvalue weighted by Gasteiger charge is 2.18. The molecule has 0 fully saturated rings. The monoisotopic (exact) mass is 295 g/mol. The molecule has 0 spiro atoms. The number of amides is 1. The summed E-state index contributed by atoms with van der Waals surface area (Å²) in [7, 11) is 2.93. The van der Waals surface area contributed by atoms with E-state index in [0.29, 0.717) is 22.6 Å². The molecule has 0 radical (unpaired) electrons. The topological polar surface area (TPSA) is 47.6 Å². The molecule has 1 aromatic carbocycles. The van der Waals surface area contributed by atoms with Crippen molar-refractivity contribution >= 4 is 5.91 Å². The number of hydrogen-bond acceptors (Lipinski definition) is 3. The van der Waals surface area contributed by atoms with Crippen LogP contribution in [-0.2, 0) is 4.79 Å². The molecule has 0 aliphatic heterocycles. The number of carbonyl (C=O) groups excluding carboxylic acids is 1. The Morgan fingerprint density at radius 2 is 1.90 bits per heavy atom. The van der Waals surface area contributed by atoms with Crippen LogP contribution in [0.1, 0.15) is 38.8 Å². The Labute approximate surface area is 124 Å². The van der Waals surface area contributed by atoms with Crippen LogP contribution in [0, 0.1) is 5.82 Å². The third-order valence-electron chi connectivity index (χ3n) is 3.19. The lowest BCUT2D eigenvalue weighted by Crippen LogP contribution is -2.27. The molecule has 1 atom stereocenters. The molecule has 0 bridgehead atoms. The Morgan fingerprint density at radius 3 is 2.43 bits per heavy atom. The maximum Gasteiger partial charge on any atom is 0.247 e. The summed E-state index contributed by atoms with van der Waals surface area (Å²) in [6.45, 7) is 5.41. The molecule has 4 nitrogen and oxygen atoms in total. The number of rotatable bonds is 6. The first-order chi connectivity index (χ1) is 9.94. The molecule has 116 valence electrons. The lowest BCUT2D eigenvalue weighted by molar-refractivity contribution is -0.118. The van der Waals surface area contributed by atoms with Crippen LogP contribution in [-0.4, -0.2) is 20.1 Å². The molecule has 0 aliphatic carbocycles. The first-order valence-electron chi connectivity index (χ1n) is 6.83. The van der Waals surface area contributed by atoms with Crippen molar-refractivity contribution in [1.29, 1.82) is 0 Å². The van der Waals surface area contributed by atoms with Crippen LogP contribution in [0.5, 0.6) is 11.5 Å². The third kappa shape index (κ3) is 4.21. The zero-order chi connectivity index (χ0) is 16.0. The molecule has 5 heteroatoms. The first kappa shape index (κ1) is 17.0. The van der Waals surface area contributed by atoms with Crippen LogP contribution in [0.15, 0.2) is 23.8 Å². The van der Waals surface area contributed by atoms with E-state index in [2.05, 4.69) is 5.32 Å². The highest BCUT2D eigenvalue weighted by atomic mass is 19.1. The molecular weight excluding hydrogens is 273 g/mol. The first-order valence-corrected chi connectivity index (χ1v) is 6.83. The fourth-order valence-electron chi connectivity index (χ4n) is 1.99. The molecule has 0 saturated heterocycles. The highest BCUT2D eigenvalue weighted by molar-refractivity contribution is 5.93. The Morgan fingerprint density at radius 1 is 1.33 bits per heavy atom. The summed E-state index contributed by atoms with van der Waals surface area (Å²) < 4.78 is 24.3. The second kappa shape index (κ2) is 7.67. The molecule has 1 unspecified atom stereocenters. The van der Waals surface area contributed by atoms with E-state index in [1.54, 1.807) is 13.8 Å². The van der Waals surface area contributed by atoms with Gasteiger partial charge in [-0.15, -0.1) is 0 Å². The Bertz CT molecular complexity index is 541. The van der Waals surface area contributed by atoms with Gasteiger partial charge in [0.15, 0.2) is 11.5 Å².